The molecule has 1 fully saturated rings. The van der Waals surface area contributed by atoms with Crippen LogP contribution in [0.4, 0.5) is 0 Å². The lowest BCUT2D eigenvalue weighted by molar-refractivity contribution is 0.0223. The van der Waals surface area contributed by atoms with Crippen molar-refractivity contribution in [2.45, 2.75) is 46.5 Å². The zero-order valence-corrected chi connectivity index (χ0v) is 10.6. The molecule has 1 aliphatic heterocycles. The molecule has 0 aromatic carbocycles. The van der Waals surface area contributed by atoms with Gasteiger partial charge in [-0.2, -0.15) is 0 Å². The smallest absolute Gasteiger partial charge is 0.0476 e. The summed E-state index contributed by atoms with van der Waals surface area (Å²) in [6.07, 6.45) is 5.17. The summed E-state index contributed by atoms with van der Waals surface area (Å²) in [6.45, 7) is 10.7. The topological polar surface area (TPSA) is 23.5 Å². The summed E-state index contributed by atoms with van der Waals surface area (Å²) >= 11 is 0. The molecule has 1 saturated heterocycles. The molecule has 2 nitrogen and oxygen atoms in total. The molecule has 1 unspecified atom stereocenters. The second-order valence-corrected chi connectivity index (χ2v) is 5.63. The first-order valence-corrected chi connectivity index (χ1v) is 6.43. The van der Waals surface area contributed by atoms with Crippen LogP contribution in [-0.2, 0) is 0 Å². The summed E-state index contributed by atoms with van der Waals surface area (Å²) in [4.78, 5) is 2.53. The van der Waals surface area contributed by atoms with Gasteiger partial charge >= 0.3 is 0 Å². The molecule has 0 bridgehead atoms. The van der Waals surface area contributed by atoms with Crippen LogP contribution in [0.2, 0.25) is 0 Å². The van der Waals surface area contributed by atoms with Crippen LogP contribution in [0.1, 0.15) is 46.5 Å². The van der Waals surface area contributed by atoms with E-state index in [9.17, 15) is 5.11 Å². The van der Waals surface area contributed by atoms with E-state index >= 15 is 0 Å². The summed E-state index contributed by atoms with van der Waals surface area (Å²) in [5, 5.41) is 9.39. The van der Waals surface area contributed by atoms with Crippen molar-refractivity contribution in [3.8, 4) is 0 Å². The van der Waals surface area contributed by atoms with Crippen LogP contribution in [0.3, 0.4) is 0 Å². The standard InChI is InChI=1S/C13H27NO/c1-4-5-6-8-14-9-7-13(2,3)12(10-14)11-15/h12,15H,4-11H2,1-3H3. The Morgan fingerprint density at radius 1 is 1.33 bits per heavy atom. The summed E-state index contributed by atoms with van der Waals surface area (Å²) in [5.41, 5.74) is 0.329. The van der Waals surface area contributed by atoms with Crippen molar-refractivity contribution in [2.75, 3.05) is 26.2 Å². The largest absolute Gasteiger partial charge is 0.396 e. The highest BCUT2D eigenvalue weighted by molar-refractivity contribution is 4.86. The second kappa shape index (κ2) is 5.86. The first-order chi connectivity index (χ1) is 7.10. The van der Waals surface area contributed by atoms with Gasteiger partial charge in [-0.1, -0.05) is 33.6 Å². The van der Waals surface area contributed by atoms with Crippen molar-refractivity contribution in [2.24, 2.45) is 11.3 Å². The normalized spacial score (nSPS) is 26.8. The van der Waals surface area contributed by atoms with Crippen molar-refractivity contribution in [1.29, 1.82) is 0 Å². The lowest BCUT2D eigenvalue weighted by Gasteiger charge is -2.43. The summed E-state index contributed by atoms with van der Waals surface area (Å²) < 4.78 is 0. The van der Waals surface area contributed by atoms with Gasteiger partial charge in [0.15, 0.2) is 0 Å². The van der Waals surface area contributed by atoms with Crippen LogP contribution >= 0.6 is 0 Å². The second-order valence-electron chi connectivity index (χ2n) is 5.63. The molecule has 0 aromatic heterocycles. The van der Waals surface area contributed by atoms with Gasteiger partial charge in [0.2, 0.25) is 0 Å². The average molecular weight is 213 g/mol. The van der Waals surface area contributed by atoms with E-state index in [4.69, 9.17) is 0 Å². The van der Waals surface area contributed by atoms with Gasteiger partial charge in [0.05, 0.1) is 0 Å². The zero-order valence-electron chi connectivity index (χ0n) is 10.6. The number of hydrogen-bond donors (Lipinski definition) is 1. The van der Waals surface area contributed by atoms with Crippen molar-refractivity contribution in [3.63, 3.8) is 0 Å². The fourth-order valence-electron chi connectivity index (χ4n) is 2.39. The van der Waals surface area contributed by atoms with E-state index in [0.717, 1.165) is 6.54 Å². The summed E-state index contributed by atoms with van der Waals surface area (Å²) in [5.74, 6) is 0.466. The van der Waals surface area contributed by atoms with Crippen LogP contribution < -0.4 is 0 Å². The molecule has 90 valence electrons. The third-order valence-corrected chi connectivity index (χ3v) is 3.95. The number of likely N-dealkylation sites (tertiary alicyclic amines) is 1. The number of nitrogens with zero attached hydrogens (tertiary/aromatic N) is 1. The van der Waals surface area contributed by atoms with E-state index < -0.39 is 0 Å². The maximum absolute atomic E-state index is 9.39. The van der Waals surface area contributed by atoms with Crippen LogP contribution in [0.25, 0.3) is 0 Å². The molecule has 0 aliphatic carbocycles. The minimum absolute atomic E-state index is 0.329. The van der Waals surface area contributed by atoms with E-state index in [1.807, 2.05) is 0 Å². The van der Waals surface area contributed by atoms with Crippen molar-refractivity contribution in [1.82, 2.24) is 4.90 Å². The Hall–Kier alpha value is -0.0800. The minimum Gasteiger partial charge on any atom is -0.396 e. The maximum atomic E-state index is 9.39. The molecule has 1 rings (SSSR count). The molecule has 15 heavy (non-hydrogen) atoms. The maximum Gasteiger partial charge on any atom is 0.0476 e. The Kier molecular flexibility index (Phi) is 5.07. The van der Waals surface area contributed by atoms with Gasteiger partial charge in [0.25, 0.3) is 0 Å². The number of hydrogen-bond acceptors (Lipinski definition) is 2. The lowest BCUT2D eigenvalue weighted by Crippen LogP contribution is -2.46. The van der Waals surface area contributed by atoms with Crippen LogP contribution in [0.5, 0.6) is 0 Å². The summed E-state index contributed by atoms with van der Waals surface area (Å²) in [6, 6.07) is 0. The average Bonchev–Trinajstić information content (AvgIpc) is 2.20. The molecule has 0 aromatic rings. The van der Waals surface area contributed by atoms with Gasteiger partial charge in [-0.3, -0.25) is 0 Å². The molecule has 1 atom stereocenters. The van der Waals surface area contributed by atoms with E-state index in [-0.39, 0.29) is 0 Å². The Morgan fingerprint density at radius 3 is 2.67 bits per heavy atom. The monoisotopic (exact) mass is 213 g/mol. The van der Waals surface area contributed by atoms with Gasteiger partial charge in [-0.25, -0.2) is 0 Å². The number of piperidine rings is 1. The number of aliphatic hydroxyl groups excluding tert-OH is 1. The minimum atomic E-state index is 0.329. The van der Waals surface area contributed by atoms with E-state index in [2.05, 4.69) is 25.7 Å². The molecule has 1 N–H and O–H groups in total. The first kappa shape index (κ1) is 13.0. The van der Waals surface area contributed by atoms with Crippen LogP contribution in [-0.4, -0.2) is 36.2 Å². The van der Waals surface area contributed by atoms with Gasteiger partial charge in [-0.05, 0) is 37.3 Å². The van der Waals surface area contributed by atoms with Crippen LogP contribution in [0.15, 0.2) is 0 Å². The highest BCUT2D eigenvalue weighted by Gasteiger charge is 2.34. The van der Waals surface area contributed by atoms with Crippen LogP contribution in [0, 0.1) is 11.3 Å². The Morgan fingerprint density at radius 2 is 2.07 bits per heavy atom. The molecule has 2 heteroatoms. The third kappa shape index (κ3) is 3.76. The first-order valence-electron chi connectivity index (χ1n) is 6.43. The van der Waals surface area contributed by atoms with Gasteiger partial charge in [0.1, 0.15) is 0 Å². The molecular formula is C13H27NO. The summed E-state index contributed by atoms with van der Waals surface area (Å²) in [7, 11) is 0. The fraction of sp³-hybridized carbons (Fsp3) is 1.00. The highest BCUT2D eigenvalue weighted by Crippen LogP contribution is 2.35. The number of unbranched alkanes of at least 4 members (excludes halogenated alkanes) is 2. The predicted octanol–water partition coefficient (Wildman–Crippen LogP) is 2.52. The van der Waals surface area contributed by atoms with E-state index in [0.29, 0.717) is 17.9 Å². The molecule has 0 saturated carbocycles. The predicted molar refractivity (Wildman–Crippen MR) is 64.9 cm³/mol. The van der Waals surface area contributed by atoms with Crippen molar-refractivity contribution in [3.05, 3.63) is 0 Å². The quantitative estimate of drug-likeness (QED) is 0.709. The Labute approximate surface area is 94.7 Å². The van der Waals surface area contributed by atoms with E-state index in [1.165, 1.54) is 38.8 Å². The molecular weight excluding hydrogens is 186 g/mol. The third-order valence-electron chi connectivity index (χ3n) is 3.95. The zero-order chi connectivity index (χ0) is 11.3. The lowest BCUT2D eigenvalue weighted by atomic mass is 9.74. The van der Waals surface area contributed by atoms with Gasteiger partial charge in [-0.15, -0.1) is 0 Å². The van der Waals surface area contributed by atoms with Gasteiger partial charge < -0.3 is 10.0 Å². The fourth-order valence-corrected chi connectivity index (χ4v) is 2.39. The number of rotatable bonds is 5. The van der Waals surface area contributed by atoms with E-state index in [1.54, 1.807) is 0 Å². The highest BCUT2D eigenvalue weighted by atomic mass is 16.3. The molecule has 1 aliphatic rings. The Balaban J connectivity index is 2.33. The van der Waals surface area contributed by atoms with Gasteiger partial charge in [0, 0.05) is 13.2 Å². The SMILES string of the molecule is CCCCCN1CCC(C)(C)C(CO)C1. The Bertz CT molecular complexity index is 179. The molecule has 0 amide bonds. The molecule has 1 heterocycles. The molecule has 0 spiro atoms. The van der Waals surface area contributed by atoms with Crippen molar-refractivity contribution >= 4 is 0 Å². The van der Waals surface area contributed by atoms with Crippen molar-refractivity contribution < 1.29 is 5.11 Å². The number of aliphatic hydroxyl groups is 1. The molecule has 0 radical (unpaired) electrons.